The molecule has 1 aromatic heterocycles. The van der Waals surface area contributed by atoms with E-state index in [2.05, 4.69) is 15.5 Å². The highest BCUT2D eigenvalue weighted by molar-refractivity contribution is 7.99. The van der Waals surface area contributed by atoms with Crippen LogP contribution in [0.1, 0.15) is 0 Å². The minimum absolute atomic E-state index is 0.226. The molecule has 0 aliphatic rings. The molecule has 90 valence electrons. The number of hydrogen-bond acceptors (Lipinski definition) is 4. The van der Waals surface area contributed by atoms with E-state index in [1.165, 1.54) is 6.07 Å². The molecule has 0 spiro atoms. The lowest BCUT2D eigenvalue weighted by atomic mass is 10.3. The van der Waals surface area contributed by atoms with Crippen LogP contribution in [0.5, 0.6) is 0 Å². The Morgan fingerprint density at radius 2 is 2.24 bits per heavy atom. The van der Waals surface area contributed by atoms with Crippen LogP contribution in [0.3, 0.4) is 0 Å². The standard InChI is InChI=1S/C11H13FN4S/c1-16-8-14-15-11(16)17-7-6-13-10-5-3-2-4-9(10)12/h2-5,8,13H,6-7H2,1H3. The van der Waals surface area contributed by atoms with Crippen LogP contribution in [0.2, 0.25) is 0 Å². The summed E-state index contributed by atoms with van der Waals surface area (Å²) in [4.78, 5) is 0. The van der Waals surface area contributed by atoms with Crippen LogP contribution in [0.15, 0.2) is 35.7 Å². The molecule has 0 aliphatic carbocycles. The number of anilines is 1. The number of aryl methyl sites for hydroxylation is 1. The van der Waals surface area contributed by atoms with Crippen molar-refractivity contribution in [3.8, 4) is 0 Å². The zero-order chi connectivity index (χ0) is 12.1. The van der Waals surface area contributed by atoms with Gasteiger partial charge in [-0.05, 0) is 12.1 Å². The fourth-order valence-corrected chi connectivity index (χ4v) is 2.08. The van der Waals surface area contributed by atoms with Crippen molar-refractivity contribution in [2.24, 2.45) is 7.05 Å². The van der Waals surface area contributed by atoms with Crippen molar-refractivity contribution in [2.45, 2.75) is 5.16 Å². The molecule has 0 saturated carbocycles. The Morgan fingerprint density at radius 3 is 2.94 bits per heavy atom. The van der Waals surface area contributed by atoms with E-state index < -0.39 is 0 Å². The molecule has 0 bridgehead atoms. The monoisotopic (exact) mass is 252 g/mol. The van der Waals surface area contributed by atoms with Gasteiger partial charge in [-0.1, -0.05) is 23.9 Å². The van der Waals surface area contributed by atoms with Gasteiger partial charge in [0.05, 0.1) is 5.69 Å². The first kappa shape index (κ1) is 11.9. The topological polar surface area (TPSA) is 42.7 Å². The lowest BCUT2D eigenvalue weighted by Crippen LogP contribution is -2.06. The summed E-state index contributed by atoms with van der Waals surface area (Å²) < 4.78 is 15.1. The SMILES string of the molecule is Cn1cnnc1SCCNc1ccccc1F. The molecule has 2 aromatic rings. The molecule has 1 aromatic carbocycles. The molecule has 1 heterocycles. The third kappa shape index (κ3) is 3.20. The van der Waals surface area contributed by atoms with E-state index >= 15 is 0 Å². The molecule has 0 atom stereocenters. The molecule has 0 unspecified atom stereocenters. The first-order valence-electron chi connectivity index (χ1n) is 5.22. The highest BCUT2D eigenvalue weighted by Gasteiger charge is 2.02. The maximum absolute atomic E-state index is 13.3. The Balaban J connectivity index is 1.77. The predicted octanol–water partition coefficient (Wildman–Crippen LogP) is 2.16. The van der Waals surface area contributed by atoms with E-state index in [1.54, 1.807) is 36.3 Å². The Labute approximate surface area is 103 Å². The van der Waals surface area contributed by atoms with Gasteiger partial charge in [-0.3, -0.25) is 0 Å². The molecule has 0 radical (unpaired) electrons. The quantitative estimate of drug-likeness (QED) is 0.654. The summed E-state index contributed by atoms with van der Waals surface area (Å²) >= 11 is 1.58. The number of benzene rings is 1. The summed E-state index contributed by atoms with van der Waals surface area (Å²) in [5.74, 6) is 0.581. The Kier molecular flexibility index (Phi) is 3.98. The number of nitrogens with zero attached hydrogens (tertiary/aromatic N) is 3. The minimum atomic E-state index is -0.226. The maximum Gasteiger partial charge on any atom is 0.190 e. The van der Waals surface area contributed by atoms with Gasteiger partial charge in [-0.15, -0.1) is 10.2 Å². The summed E-state index contributed by atoms with van der Waals surface area (Å²) in [5.41, 5.74) is 0.533. The Morgan fingerprint density at radius 1 is 1.41 bits per heavy atom. The van der Waals surface area contributed by atoms with Crippen molar-refractivity contribution in [3.63, 3.8) is 0 Å². The summed E-state index contributed by atoms with van der Waals surface area (Å²) in [6.07, 6.45) is 1.66. The minimum Gasteiger partial charge on any atom is -0.382 e. The van der Waals surface area contributed by atoms with E-state index in [4.69, 9.17) is 0 Å². The van der Waals surface area contributed by atoms with Crippen molar-refractivity contribution in [1.82, 2.24) is 14.8 Å². The zero-order valence-corrected chi connectivity index (χ0v) is 10.2. The molecule has 6 heteroatoms. The zero-order valence-electron chi connectivity index (χ0n) is 9.43. The largest absolute Gasteiger partial charge is 0.382 e. The summed E-state index contributed by atoms with van der Waals surface area (Å²) in [6.45, 7) is 0.679. The number of nitrogens with one attached hydrogen (secondary N) is 1. The van der Waals surface area contributed by atoms with Crippen LogP contribution >= 0.6 is 11.8 Å². The molecular weight excluding hydrogens is 239 g/mol. The van der Waals surface area contributed by atoms with Gasteiger partial charge in [0, 0.05) is 19.3 Å². The molecule has 0 aliphatic heterocycles. The van der Waals surface area contributed by atoms with Gasteiger partial charge in [0.25, 0.3) is 0 Å². The van der Waals surface area contributed by atoms with E-state index in [-0.39, 0.29) is 5.82 Å². The average molecular weight is 252 g/mol. The van der Waals surface area contributed by atoms with E-state index in [0.29, 0.717) is 12.2 Å². The van der Waals surface area contributed by atoms with Gasteiger partial charge in [0.2, 0.25) is 0 Å². The first-order valence-corrected chi connectivity index (χ1v) is 6.21. The van der Waals surface area contributed by atoms with Crippen molar-refractivity contribution >= 4 is 17.4 Å². The van der Waals surface area contributed by atoms with Gasteiger partial charge in [-0.2, -0.15) is 0 Å². The van der Waals surface area contributed by atoms with Crippen LogP contribution in [-0.2, 0) is 7.05 Å². The number of hydrogen-bond donors (Lipinski definition) is 1. The van der Waals surface area contributed by atoms with Gasteiger partial charge >= 0.3 is 0 Å². The fraction of sp³-hybridized carbons (Fsp3) is 0.273. The van der Waals surface area contributed by atoms with Crippen LogP contribution in [0, 0.1) is 5.82 Å². The smallest absolute Gasteiger partial charge is 0.190 e. The van der Waals surface area contributed by atoms with Crippen LogP contribution in [-0.4, -0.2) is 27.1 Å². The fourth-order valence-electron chi connectivity index (χ4n) is 1.34. The van der Waals surface area contributed by atoms with Crippen molar-refractivity contribution in [1.29, 1.82) is 0 Å². The van der Waals surface area contributed by atoms with Crippen molar-refractivity contribution in [2.75, 3.05) is 17.6 Å². The number of thioether (sulfide) groups is 1. The van der Waals surface area contributed by atoms with Gasteiger partial charge < -0.3 is 9.88 Å². The molecule has 0 amide bonds. The van der Waals surface area contributed by atoms with Crippen LogP contribution < -0.4 is 5.32 Å². The average Bonchev–Trinajstić information content (AvgIpc) is 2.73. The molecule has 17 heavy (non-hydrogen) atoms. The molecule has 0 saturated heterocycles. The summed E-state index contributed by atoms with van der Waals surface area (Å²) in [7, 11) is 1.90. The van der Waals surface area contributed by atoms with Crippen molar-refractivity contribution in [3.05, 3.63) is 36.4 Å². The third-order valence-corrected chi connectivity index (χ3v) is 3.23. The normalized spacial score (nSPS) is 10.5. The molecule has 1 N–H and O–H groups in total. The van der Waals surface area contributed by atoms with Crippen molar-refractivity contribution < 1.29 is 4.39 Å². The second kappa shape index (κ2) is 5.67. The Hall–Kier alpha value is -1.56. The van der Waals surface area contributed by atoms with Gasteiger partial charge in [0.15, 0.2) is 5.16 Å². The highest BCUT2D eigenvalue weighted by Crippen LogP contribution is 2.15. The molecule has 2 rings (SSSR count). The van der Waals surface area contributed by atoms with Gasteiger partial charge in [0.1, 0.15) is 12.1 Å². The lowest BCUT2D eigenvalue weighted by Gasteiger charge is -2.06. The van der Waals surface area contributed by atoms with Crippen LogP contribution in [0.4, 0.5) is 10.1 Å². The maximum atomic E-state index is 13.3. The third-order valence-electron chi connectivity index (χ3n) is 2.19. The lowest BCUT2D eigenvalue weighted by molar-refractivity contribution is 0.630. The second-order valence-corrected chi connectivity index (χ2v) is 4.54. The van der Waals surface area contributed by atoms with E-state index in [1.807, 2.05) is 11.6 Å². The molecule has 4 nitrogen and oxygen atoms in total. The van der Waals surface area contributed by atoms with Gasteiger partial charge in [-0.25, -0.2) is 4.39 Å². The second-order valence-electron chi connectivity index (χ2n) is 3.48. The number of para-hydroxylation sites is 1. The molecular formula is C11H13FN4S. The highest BCUT2D eigenvalue weighted by atomic mass is 32.2. The number of rotatable bonds is 5. The van der Waals surface area contributed by atoms with E-state index in [9.17, 15) is 4.39 Å². The van der Waals surface area contributed by atoms with Crippen LogP contribution in [0.25, 0.3) is 0 Å². The first-order chi connectivity index (χ1) is 8.27. The predicted molar refractivity (Wildman–Crippen MR) is 66.6 cm³/mol. The number of halogens is 1. The van der Waals surface area contributed by atoms with E-state index in [0.717, 1.165) is 10.9 Å². The molecule has 0 fully saturated rings. The summed E-state index contributed by atoms with van der Waals surface area (Å²) in [6, 6.07) is 6.65. The number of aromatic nitrogens is 3. The Bertz CT molecular complexity index is 486. The summed E-state index contributed by atoms with van der Waals surface area (Å²) in [5, 5.41) is 11.6.